The number of rotatable bonds is 1. The first kappa shape index (κ1) is 13.8. The van der Waals surface area contributed by atoms with Crippen molar-refractivity contribution < 1.29 is 14.3 Å². The highest BCUT2D eigenvalue weighted by molar-refractivity contribution is 5.94. The number of carbonyl (C=O) groups is 2. The Labute approximate surface area is 121 Å². The van der Waals surface area contributed by atoms with Crippen LogP contribution in [0.3, 0.4) is 0 Å². The van der Waals surface area contributed by atoms with E-state index in [-0.39, 0.29) is 35.9 Å². The van der Waals surface area contributed by atoms with Crippen molar-refractivity contribution in [3.05, 3.63) is 34.2 Å². The second kappa shape index (κ2) is 5.33. The van der Waals surface area contributed by atoms with Crippen molar-refractivity contribution in [2.45, 2.75) is 6.04 Å². The minimum atomic E-state index is -0.409. The van der Waals surface area contributed by atoms with E-state index in [2.05, 4.69) is 4.98 Å². The fraction of sp³-hybridized carbons (Fsp3) is 0.500. The number of carbonyl (C=O) groups excluding carboxylic acids is 2. The summed E-state index contributed by atoms with van der Waals surface area (Å²) in [5, 5.41) is 0. The number of aromatic nitrogens is 1. The van der Waals surface area contributed by atoms with Gasteiger partial charge in [0.1, 0.15) is 5.56 Å². The number of aromatic amines is 1. The van der Waals surface area contributed by atoms with Gasteiger partial charge in [0.15, 0.2) is 0 Å². The van der Waals surface area contributed by atoms with E-state index >= 15 is 0 Å². The van der Waals surface area contributed by atoms with E-state index in [4.69, 9.17) is 4.74 Å². The van der Waals surface area contributed by atoms with Gasteiger partial charge in [-0.3, -0.25) is 14.4 Å². The van der Waals surface area contributed by atoms with Crippen LogP contribution in [0.1, 0.15) is 10.4 Å². The van der Waals surface area contributed by atoms with Crippen LogP contribution in [-0.2, 0) is 9.53 Å². The highest BCUT2D eigenvalue weighted by atomic mass is 16.5. The quantitative estimate of drug-likeness (QED) is 0.742. The number of nitrogens with zero attached hydrogens (tertiary/aromatic N) is 2. The van der Waals surface area contributed by atoms with Crippen LogP contribution in [0.15, 0.2) is 23.1 Å². The van der Waals surface area contributed by atoms with E-state index in [1.807, 2.05) is 0 Å². The summed E-state index contributed by atoms with van der Waals surface area (Å²) in [5.74, 6) is -0.708. The van der Waals surface area contributed by atoms with Crippen molar-refractivity contribution in [1.82, 2.24) is 14.8 Å². The number of hydrogen-bond donors (Lipinski definition) is 1. The van der Waals surface area contributed by atoms with E-state index in [1.165, 1.54) is 12.3 Å². The Bertz CT molecular complexity index is 627. The highest BCUT2D eigenvalue weighted by Gasteiger charge is 2.39. The molecule has 2 atom stereocenters. The first-order chi connectivity index (χ1) is 10.1. The molecule has 21 heavy (non-hydrogen) atoms. The molecular formula is C14H17N3O4. The molecule has 7 heteroatoms. The van der Waals surface area contributed by atoms with Crippen molar-refractivity contribution in [2.75, 3.05) is 33.4 Å². The topological polar surface area (TPSA) is 82.7 Å². The third kappa shape index (κ3) is 2.44. The maximum Gasteiger partial charge on any atom is 0.260 e. The molecule has 7 nitrogen and oxygen atoms in total. The minimum absolute atomic E-state index is 0.00484. The lowest BCUT2D eigenvalue weighted by molar-refractivity contribution is -0.133. The van der Waals surface area contributed by atoms with E-state index in [0.29, 0.717) is 19.8 Å². The van der Waals surface area contributed by atoms with Crippen LogP contribution in [0.5, 0.6) is 0 Å². The number of likely N-dealkylation sites (N-methyl/N-ethyl adjacent to an activating group) is 1. The monoisotopic (exact) mass is 291 g/mol. The Morgan fingerprint density at radius 2 is 2.14 bits per heavy atom. The molecule has 1 aromatic heterocycles. The van der Waals surface area contributed by atoms with Gasteiger partial charge in [-0.1, -0.05) is 0 Å². The van der Waals surface area contributed by atoms with Crippen LogP contribution in [0.2, 0.25) is 0 Å². The molecule has 3 heterocycles. The van der Waals surface area contributed by atoms with Gasteiger partial charge in [0, 0.05) is 26.3 Å². The van der Waals surface area contributed by atoms with Crippen LogP contribution in [0.4, 0.5) is 0 Å². The first-order valence-corrected chi connectivity index (χ1v) is 6.89. The molecule has 2 aliphatic heterocycles. The minimum Gasteiger partial charge on any atom is -0.378 e. The fourth-order valence-corrected chi connectivity index (χ4v) is 2.82. The number of H-pyrrole nitrogens is 1. The van der Waals surface area contributed by atoms with Gasteiger partial charge in [0.25, 0.3) is 11.5 Å². The summed E-state index contributed by atoms with van der Waals surface area (Å²) in [5.41, 5.74) is -0.304. The summed E-state index contributed by atoms with van der Waals surface area (Å²) in [7, 11) is 1.73. The average Bonchev–Trinajstić information content (AvgIpc) is 2.65. The molecule has 0 spiro atoms. The van der Waals surface area contributed by atoms with Gasteiger partial charge in [-0.15, -0.1) is 0 Å². The first-order valence-electron chi connectivity index (χ1n) is 6.89. The molecule has 2 amide bonds. The molecule has 0 radical (unpaired) electrons. The largest absolute Gasteiger partial charge is 0.378 e. The van der Waals surface area contributed by atoms with E-state index in [9.17, 15) is 14.4 Å². The molecule has 112 valence electrons. The molecule has 0 aliphatic carbocycles. The van der Waals surface area contributed by atoms with E-state index in [1.54, 1.807) is 22.9 Å². The third-order valence-electron chi connectivity index (χ3n) is 4.08. The molecule has 0 saturated carbocycles. The molecule has 2 bridgehead atoms. The lowest BCUT2D eigenvalue weighted by Gasteiger charge is -2.29. The molecule has 0 aromatic carbocycles. The smallest absolute Gasteiger partial charge is 0.260 e. The summed E-state index contributed by atoms with van der Waals surface area (Å²) in [6, 6.07) is 2.95. The highest BCUT2D eigenvalue weighted by Crippen LogP contribution is 2.20. The van der Waals surface area contributed by atoms with Crippen molar-refractivity contribution in [2.24, 2.45) is 5.92 Å². The third-order valence-corrected chi connectivity index (χ3v) is 4.08. The van der Waals surface area contributed by atoms with Crippen LogP contribution < -0.4 is 5.56 Å². The van der Waals surface area contributed by atoms with Gasteiger partial charge >= 0.3 is 0 Å². The number of fused-ring (bicyclic) bond motifs is 3. The van der Waals surface area contributed by atoms with E-state index in [0.717, 1.165) is 0 Å². The second-order valence-electron chi connectivity index (χ2n) is 5.46. The van der Waals surface area contributed by atoms with Crippen molar-refractivity contribution >= 4 is 11.8 Å². The lowest BCUT2D eigenvalue weighted by atomic mass is 10.1. The second-order valence-corrected chi connectivity index (χ2v) is 5.46. The molecule has 2 saturated heterocycles. The number of pyridine rings is 1. The Balaban J connectivity index is 1.90. The Hall–Kier alpha value is -2.15. The Morgan fingerprint density at radius 3 is 2.90 bits per heavy atom. The maximum atomic E-state index is 12.6. The van der Waals surface area contributed by atoms with Gasteiger partial charge in [-0.2, -0.15) is 0 Å². The van der Waals surface area contributed by atoms with Gasteiger partial charge < -0.3 is 19.5 Å². The number of amides is 2. The number of hydrogen-bond acceptors (Lipinski definition) is 4. The van der Waals surface area contributed by atoms with Crippen molar-refractivity contribution in [1.29, 1.82) is 0 Å². The van der Waals surface area contributed by atoms with Crippen LogP contribution >= 0.6 is 0 Å². The van der Waals surface area contributed by atoms with Crippen molar-refractivity contribution in [3.8, 4) is 0 Å². The molecule has 1 N–H and O–H groups in total. The Morgan fingerprint density at radius 1 is 1.33 bits per heavy atom. The standard InChI is InChI=1S/C14H17N3O4/c1-16-10-6-17(5-9(13(16)19)7-21-8-10)14(20)11-3-2-4-15-12(11)18/h2-4,9-10H,5-8H2,1H3,(H,15,18)/t9-,10+/m1/s1. The molecule has 0 unspecified atom stereocenters. The lowest BCUT2D eigenvalue weighted by Crippen LogP contribution is -2.46. The average molecular weight is 291 g/mol. The summed E-state index contributed by atoms with van der Waals surface area (Å²) < 4.78 is 5.49. The predicted molar refractivity (Wildman–Crippen MR) is 73.8 cm³/mol. The van der Waals surface area contributed by atoms with Crippen LogP contribution in [0.25, 0.3) is 0 Å². The zero-order valence-electron chi connectivity index (χ0n) is 11.7. The normalized spacial score (nSPS) is 25.7. The van der Waals surface area contributed by atoms with Gasteiger partial charge in [0.2, 0.25) is 5.91 Å². The zero-order chi connectivity index (χ0) is 15.0. The fourth-order valence-electron chi connectivity index (χ4n) is 2.82. The zero-order valence-corrected chi connectivity index (χ0v) is 11.7. The molecule has 2 aliphatic rings. The van der Waals surface area contributed by atoms with Crippen LogP contribution in [0, 0.1) is 5.92 Å². The Kier molecular flexibility index (Phi) is 3.50. The summed E-state index contributed by atoms with van der Waals surface area (Å²) >= 11 is 0. The maximum absolute atomic E-state index is 12.6. The van der Waals surface area contributed by atoms with Gasteiger partial charge in [0.05, 0.1) is 25.2 Å². The molecule has 1 aromatic rings. The number of nitrogens with one attached hydrogen (secondary N) is 1. The molecule has 3 rings (SSSR count). The summed E-state index contributed by atoms with van der Waals surface area (Å²) in [6.45, 7) is 1.39. The van der Waals surface area contributed by atoms with Gasteiger partial charge in [-0.05, 0) is 12.1 Å². The predicted octanol–water partition coefficient (Wildman–Crippen LogP) is -0.696. The SMILES string of the molecule is CN1C(=O)[C@H]2COC[C@@H]1CN(C(=O)c1ccc[nH]c1=O)C2. The molecular weight excluding hydrogens is 274 g/mol. The van der Waals surface area contributed by atoms with Crippen LogP contribution in [-0.4, -0.2) is 66.0 Å². The summed E-state index contributed by atoms with van der Waals surface area (Å²) in [6.07, 6.45) is 1.49. The number of ether oxygens (including phenoxy) is 1. The van der Waals surface area contributed by atoms with Gasteiger partial charge in [-0.25, -0.2) is 0 Å². The molecule has 2 fully saturated rings. The van der Waals surface area contributed by atoms with E-state index < -0.39 is 5.56 Å². The summed E-state index contributed by atoms with van der Waals surface area (Å²) in [4.78, 5) is 42.3. The van der Waals surface area contributed by atoms with Crippen molar-refractivity contribution in [3.63, 3.8) is 0 Å².